The molecule has 0 aliphatic carbocycles. The second-order valence-corrected chi connectivity index (χ2v) is 5.46. The van der Waals surface area contributed by atoms with Gasteiger partial charge in [0.15, 0.2) is 0 Å². The highest BCUT2D eigenvalue weighted by Gasteiger charge is 2.16. The molecule has 0 saturated carbocycles. The summed E-state index contributed by atoms with van der Waals surface area (Å²) in [5.74, 6) is 0.593. The summed E-state index contributed by atoms with van der Waals surface area (Å²) in [5, 5.41) is 7.78. The van der Waals surface area contributed by atoms with Crippen LogP contribution in [0, 0.1) is 13.8 Å². The molecule has 2 aromatic heterocycles. The zero-order chi connectivity index (χ0) is 15.7. The Morgan fingerprint density at radius 1 is 1.32 bits per heavy atom. The van der Waals surface area contributed by atoms with E-state index in [4.69, 9.17) is 20.5 Å². The van der Waals surface area contributed by atoms with Gasteiger partial charge >= 0.3 is 0 Å². The van der Waals surface area contributed by atoms with E-state index >= 15 is 0 Å². The SMILES string of the molecule is Cc1noc(Cl)c1CC(=O)NCc1oc2ccccc2c1C. The van der Waals surface area contributed by atoms with Gasteiger partial charge in [0.25, 0.3) is 0 Å². The van der Waals surface area contributed by atoms with E-state index in [1.54, 1.807) is 6.92 Å². The maximum absolute atomic E-state index is 12.0. The second-order valence-electron chi connectivity index (χ2n) is 5.12. The monoisotopic (exact) mass is 318 g/mol. The summed E-state index contributed by atoms with van der Waals surface area (Å²) in [7, 11) is 0. The Balaban J connectivity index is 1.69. The quantitative estimate of drug-likeness (QED) is 0.798. The zero-order valence-electron chi connectivity index (χ0n) is 12.3. The topological polar surface area (TPSA) is 68.3 Å². The number of benzene rings is 1. The fourth-order valence-electron chi connectivity index (χ4n) is 2.35. The first kappa shape index (κ1) is 14.7. The smallest absolute Gasteiger partial charge is 0.229 e. The summed E-state index contributed by atoms with van der Waals surface area (Å²) in [4.78, 5) is 12.0. The first-order valence-corrected chi connectivity index (χ1v) is 7.28. The highest BCUT2D eigenvalue weighted by atomic mass is 35.5. The molecule has 0 fully saturated rings. The van der Waals surface area contributed by atoms with Crippen molar-refractivity contribution in [3.63, 3.8) is 0 Å². The van der Waals surface area contributed by atoms with Crippen molar-refractivity contribution >= 4 is 28.5 Å². The number of halogens is 1. The van der Waals surface area contributed by atoms with E-state index in [1.165, 1.54) is 0 Å². The van der Waals surface area contributed by atoms with Gasteiger partial charge < -0.3 is 14.3 Å². The molecule has 1 aromatic carbocycles. The van der Waals surface area contributed by atoms with Crippen LogP contribution in [0.2, 0.25) is 5.22 Å². The minimum Gasteiger partial charge on any atom is -0.459 e. The lowest BCUT2D eigenvalue weighted by Gasteiger charge is -2.03. The van der Waals surface area contributed by atoms with E-state index < -0.39 is 0 Å². The van der Waals surface area contributed by atoms with E-state index in [0.29, 0.717) is 17.8 Å². The van der Waals surface area contributed by atoms with Crippen LogP contribution in [0.4, 0.5) is 0 Å². The number of hydrogen-bond donors (Lipinski definition) is 1. The third-order valence-electron chi connectivity index (χ3n) is 3.66. The molecule has 0 bridgehead atoms. The van der Waals surface area contributed by atoms with Crippen molar-refractivity contribution in [2.45, 2.75) is 26.8 Å². The minimum atomic E-state index is -0.159. The molecule has 0 spiro atoms. The Morgan fingerprint density at radius 2 is 2.09 bits per heavy atom. The summed E-state index contributed by atoms with van der Waals surface area (Å²) in [5.41, 5.74) is 3.10. The molecule has 5 nitrogen and oxygen atoms in total. The number of aryl methyl sites for hydroxylation is 2. The van der Waals surface area contributed by atoms with Gasteiger partial charge in [0.2, 0.25) is 11.1 Å². The molecule has 1 amide bonds. The number of carbonyl (C=O) groups is 1. The van der Waals surface area contributed by atoms with E-state index in [2.05, 4.69) is 10.5 Å². The summed E-state index contributed by atoms with van der Waals surface area (Å²) < 4.78 is 10.6. The number of carbonyl (C=O) groups excluding carboxylic acids is 1. The molecule has 0 aliphatic heterocycles. The van der Waals surface area contributed by atoms with E-state index in [1.807, 2.05) is 31.2 Å². The standard InChI is InChI=1S/C16H15ClN2O3/c1-9-11-5-3-4-6-13(11)21-14(9)8-18-15(20)7-12-10(2)19-22-16(12)17/h3-6H,7-8H2,1-2H3,(H,18,20). The molecule has 0 unspecified atom stereocenters. The predicted octanol–water partition coefficient (Wildman–Crippen LogP) is 3.55. The second kappa shape index (κ2) is 5.85. The van der Waals surface area contributed by atoms with Gasteiger partial charge in [-0.15, -0.1) is 0 Å². The molecule has 0 aliphatic rings. The Bertz CT molecular complexity index is 816. The van der Waals surface area contributed by atoms with Crippen LogP contribution < -0.4 is 5.32 Å². The van der Waals surface area contributed by atoms with Crippen LogP contribution in [0.1, 0.15) is 22.6 Å². The van der Waals surface area contributed by atoms with Crippen LogP contribution in [0.25, 0.3) is 11.0 Å². The largest absolute Gasteiger partial charge is 0.459 e. The van der Waals surface area contributed by atoms with Crippen LogP contribution >= 0.6 is 11.6 Å². The van der Waals surface area contributed by atoms with Crippen LogP contribution in [0.15, 0.2) is 33.2 Å². The van der Waals surface area contributed by atoms with E-state index in [0.717, 1.165) is 22.3 Å². The average molecular weight is 319 g/mol. The van der Waals surface area contributed by atoms with Gasteiger partial charge in [-0.2, -0.15) is 0 Å². The first-order valence-electron chi connectivity index (χ1n) is 6.90. The van der Waals surface area contributed by atoms with Crippen molar-refractivity contribution in [3.05, 3.63) is 52.1 Å². The maximum atomic E-state index is 12.0. The van der Waals surface area contributed by atoms with Crippen LogP contribution in [-0.2, 0) is 17.8 Å². The lowest BCUT2D eigenvalue weighted by Crippen LogP contribution is -2.24. The number of para-hydroxylation sites is 1. The summed E-state index contributed by atoms with van der Waals surface area (Å²) >= 11 is 5.86. The average Bonchev–Trinajstić information content (AvgIpc) is 3.00. The molecule has 2 heterocycles. The normalized spacial score (nSPS) is 11.0. The number of nitrogens with zero attached hydrogens (tertiary/aromatic N) is 1. The molecule has 0 atom stereocenters. The van der Waals surface area contributed by atoms with E-state index in [9.17, 15) is 4.79 Å². The first-order chi connectivity index (χ1) is 10.6. The number of hydrogen-bond acceptors (Lipinski definition) is 4. The minimum absolute atomic E-state index is 0.132. The lowest BCUT2D eigenvalue weighted by atomic mass is 10.1. The molecular weight excluding hydrogens is 304 g/mol. The van der Waals surface area contributed by atoms with Gasteiger partial charge in [0.1, 0.15) is 11.3 Å². The number of fused-ring (bicyclic) bond motifs is 1. The maximum Gasteiger partial charge on any atom is 0.229 e. The fourth-order valence-corrected chi connectivity index (χ4v) is 2.59. The van der Waals surface area contributed by atoms with Gasteiger partial charge in [0, 0.05) is 16.5 Å². The van der Waals surface area contributed by atoms with Crippen molar-refractivity contribution in [3.8, 4) is 0 Å². The molecule has 1 N–H and O–H groups in total. The van der Waals surface area contributed by atoms with E-state index in [-0.39, 0.29) is 17.5 Å². The third-order valence-corrected chi connectivity index (χ3v) is 3.96. The van der Waals surface area contributed by atoms with Crippen molar-refractivity contribution in [2.75, 3.05) is 0 Å². The van der Waals surface area contributed by atoms with Crippen LogP contribution in [0.5, 0.6) is 0 Å². The van der Waals surface area contributed by atoms with Crippen molar-refractivity contribution in [1.82, 2.24) is 10.5 Å². The number of furan rings is 1. The molecule has 6 heteroatoms. The predicted molar refractivity (Wildman–Crippen MR) is 82.8 cm³/mol. The van der Waals surface area contributed by atoms with Gasteiger partial charge in [-0.1, -0.05) is 23.4 Å². The fraction of sp³-hybridized carbons (Fsp3) is 0.250. The zero-order valence-corrected chi connectivity index (χ0v) is 13.0. The number of amides is 1. The van der Waals surface area contributed by atoms with Crippen LogP contribution in [0.3, 0.4) is 0 Å². The van der Waals surface area contributed by atoms with Crippen LogP contribution in [-0.4, -0.2) is 11.1 Å². The highest BCUT2D eigenvalue weighted by Crippen LogP contribution is 2.25. The summed E-state index contributed by atoms with van der Waals surface area (Å²) in [6.07, 6.45) is 0.132. The lowest BCUT2D eigenvalue weighted by molar-refractivity contribution is -0.120. The summed E-state index contributed by atoms with van der Waals surface area (Å²) in [6, 6.07) is 7.79. The van der Waals surface area contributed by atoms with Gasteiger partial charge in [0.05, 0.1) is 18.7 Å². The summed E-state index contributed by atoms with van der Waals surface area (Å²) in [6.45, 7) is 4.07. The van der Waals surface area contributed by atoms with Gasteiger partial charge in [-0.05, 0) is 31.5 Å². The van der Waals surface area contributed by atoms with Crippen molar-refractivity contribution in [2.24, 2.45) is 0 Å². The molecule has 0 radical (unpaired) electrons. The Labute approximate surface area is 132 Å². The Kier molecular flexibility index (Phi) is 3.90. The highest BCUT2D eigenvalue weighted by molar-refractivity contribution is 6.29. The molecule has 0 saturated heterocycles. The molecule has 114 valence electrons. The number of aromatic nitrogens is 1. The number of nitrogens with one attached hydrogen (secondary N) is 1. The van der Waals surface area contributed by atoms with Crippen molar-refractivity contribution < 1.29 is 13.7 Å². The third kappa shape index (κ3) is 2.72. The van der Waals surface area contributed by atoms with Gasteiger partial charge in [-0.25, -0.2) is 0 Å². The van der Waals surface area contributed by atoms with Crippen molar-refractivity contribution in [1.29, 1.82) is 0 Å². The van der Waals surface area contributed by atoms with Gasteiger partial charge in [-0.3, -0.25) is 4.79 Å². The Morgan fingerprint density at radius 3 is 2.77 bits per heavy atom. The molecule has 3 rings (SSSR count). The molecular formula is C16H15ClN2O3. The molecule has 3 aromatic rings. The Hall–Kier alpha value is -2.27. The number of rotatable bonds is 4. The molecule has 22 heavy (non-hydrogen) atoms.